The molecule has 2 aliphatic heterocycles. The van der Waals surface area contributed by atoms with E-state index in [0.717, 1.165) is 23.3 Å². The van der Waals surface area contributed by atoms with E-state index in [-0.39, 0.29) is 35.4 Å². The quantitative estimate of drug-likeness (QED) is 0.317. The summed E-state index contributed by atoms with van der Waals surface area (Å²) in [7, 11) is 0. The molecule has 3 aromatic heterocycles. The summed E-state index contributed by atoms with van der Waals surface area (Å²) < 4.78 is 8.60. The number of fused-ring (bicyclic) bond motifs is 3. The Balaban J connectivity index is 1.24. The van der Waals surface area contributed by atoms with E-state index >= 15 is 0 Å². The van der Waals surface area contributed by atoms with Gasteiger partial charge in [0.15, 0.2) is 17.3 Å². The van der Waals surface area contributed by atoms with Gasteiger partial charge >= 0.3 is 0 Å². The highest BCUT2D eigenvalue weighted by Crippen LogP contribution is 2.45. The van der Waals surface area contributed by atoms with Crippen LogP contribution in [-0.4, -0.2) is 77.3 Å². The van der Waals surface area contributed by atoms with Gasteiger partial charge < -0.3 is 24.6 Å². The molecule has 5 heterocycles. The van der Waals surface area contributed by atoms with E-state index in [9.17, 15) is 19.5 Å². The standard InChI is InChI=1S/C33H35ClN8O5/c1-3-20-4-5-23(22(34)16-20)37-25(43)17-41-24-6-9-33(10-12-40(13-11-33)31(46)27-28(44)19(2)35-18-36-27)26(24)30(45)42-32(41)38-29(39-42)21-7-14-47-15-8-21/h4-5,7,16,18,44H,3,6,8-15,17H2,1-2H3,(H,37,43). The topological polar surface area (TPSA) is 157 Å². The van der Waals surface area contributed by atoms with Crippen LogP contribution in [0.4, 0.5) is 5.69 Å². The number of aromatic hydroxyl groups is 1. The Morgan fingerprint density at radius 1 is 1.15 bits per heavy atom. The second-order valence-corrected chi connectivity index (χ2v) is 12.8. The average molecular weight is 659 g/mol. The fraction of sp³-hybridized carbons (Fsp3) is 0.424. The molecule has 0 atom stereocenters. The number of piperidine rings is 1. The predicted molar refractivity (Wildman–Crippen MR) is 174 cm³/mol. The summed E-state index contributed by atoms with van der Waals surface area (Å²) in [6.07, 6.45) is 6.95. The lowest BCUT2D eigenvalue weighted by molar-refractivity contribution is -0.116. The third kappa shape index (κ3) is 5.46. The van der Waals surface area contributed by atoms with Gasteiger partial charge in [-0.1, -0.05) is 30.7 Å². The third-order valence-corrected chi connectivity index (χ3v) is 10.0. The van der Waals surface area contributed by atoms with Crippen molar-refractivity contribution in [3.05, 3.63) is 80.0 Å². The zero-order valence-corrected chi connectivity index (χ0v) is 27.0. The lowest BCUT2D eigenvalue weighted by Gasteiger charge is -2.39. The summed E-state index contributed by atoms with van der Waals surface area (Å²) in [5.74, 6) is -0.160. The number of benzene rings is 1. The van der Waals surface area contributed by atoms with Crippen LogP contribution in [0.15, 0.2) is 35.4 Å². The van der Waals surface area contributed by atoms with Crippen LogP contribution >= 0.6 is 11.6 Å². The van der Waals surface area contributed by atoms with Crippen molar-refractivity contribution < 1.29 is 19.4 Å². The summed E-state index contributed by atoms with van der Waals surface area (Å²) in [6, 6.07) is 5.56. The van der Waals surface area contributed by atoms with Crippen LogP contribution < -0.4 is 10.9 Å². The van der Waals surface area contributed by atoms with Gasteiger partial charge in [0, 0.05) is 29.8 Å². The van der Waals surface area contributed by atoms with Crippen molar-refractivity contribution in [2.75, 3.05) is 31.6 Å². The fourth-order valence-corrected chi connectivity index (χ4v) is 7.28. The Hall–Kier alpha value is -4.62. The average Bonchev–Trinajstić information content (AvgIpc) is 3.69. The van der Waals surface area contributed by atoms with Gasteiger partial charge in [-0.3, -0.25) is 14.4 Å². The summed E-state index contributed by atoms with van der Waals surface area (Å²) in [6.45, 7) is 5.29. The Morgan fingerprint density at radius 2 is 1.96 bits per heavy atom. The number of carbonyl (C=O) groups excluding carboxylic acids is 2. The Kier molecular flexibility index (Phi) is 8.04. The molecule has 2 N–H and O–H groups in total. The number of rotatable bonds is 6. The first-order valence-electron chi connectivity index (χ1n) is 15.9. The highest BCUT2D eigenvalue weighted by Gasteiger charge is 2.46. The number of ether oxygens (including phenoxy) is 1. The van der Waals surface area contributed by atoms with Crippen molar-refractivity contribution in [1.82, 2.24) is 34.0 Å². The van der Waals surface area contributed by atoms with Gasteiger partial charge in [-0.15, -0.1) is 5.10 Å². The number of aryl methyl sites for hydroxylation is 2. The molecule has 1 saturated heterocycles. The molecule has 13 nitrogen and oxygen atoms in total. The van der Waals surface area contributed by atoms with Crippen molar-refractivity contribution in [3.63, 3.8) is 0 Å². The lowest BCUT2D eigenvalue weighted by atomic mass is 9.74. The summed E-state index contributed by atoms with van der Waals surface area (Å²) in [5.41, 5.74) is 3.38. The van der Waals surface area contributed by atoms with E-state index in [1.807, 2.05) is 29.7 Å². The number of anilines is 1. The molecule has 2 amide bonds. The molecule has 4 aromatic rings. The number of hydrogen-bond donors (Lipinski definition) is 2. The normalized spacial score (nSPS) is 17.2. The second kappa shape index (κ2) is 12.2. The molecule has 1 aliphatic carbocycles. The maximum atomic E-state index is 14.3. The second-order valence-electron chi connectivity index (χ2n) is 12.4. The number of hydrogen-bond acceptors (Lipinski definition) is 9. The van der Waals surface area contributed by atoms with Crippen LogP contribution in [0.25, 0.3) is 11.4 Å². The van der Waals surface area contributed by atoms with Crippen molar-refractivity contribution >= 4 is 40.5 Å². The van der Waals surface area contributed by atoms with Gasteiger partial charge in [0.1, 0.15) is 12.9 Å². The van der Waals surface area contributed by atoms with Crippen molar-refractivity contribution in [2.24, 2.45) is 0 Å². The molecule has 0 unspecified atom stereocenters. The smallest absolute Gasteiger partial charge is 0.279 e. The number of carbonyl (C=O) groups is 2. The van der Waals surface area contributed by atoms with E-state index in [1.54, 1.807) is 17.9 Å². The molecule has 0 radical (unpaired) electrons. The molecule has 0 saturated carbocycles. The van der Waals surface area contributed by atoms with E-state index in [0.29, 0.717) is 92.0 Å². The van der Waals surface area contributed by atoms with Crippen LogP contribution in [0.1, 0.15) is 71.4 Å². The molecular weight excluding hydrogens is 624 g/mol. The van der Waals surface area contributed by atoms with Crippen LogP contribution in [0.5, 0.6) is 5.75 Å². The minimum absolute atomic E-state index is 0.0302. The highest BCUT2D eigenvalue weighted by atomic mass is 35.5. The molecule has 1 aromatic carbocycles. The maximum absolute atomic E-state index is 14.3. The molecule has 3 aliphatic rings. The molecule has 7 rings (SSSR count). The van der Waals surface area contributed by atoms with Gasteiger partial charge in [0.2, 0.25) is 11.7 Å². The van der Waals surface area contributed by atoms with Crippen molar-refractivity contribution in [2.45, 2.75) is 64.3 Å². The number of aromatic nitrogens is 6. The highest BCUT2D eigenvalue weighted by molar-refractivity contribution is 6.33. The van der Waals surface area contributed by atoms with Crippen molar-refractivity contribution in [1.29, 1.82) is 0 Å². The van der Waals surface area contributed by atoms with Gasteiger partial charge in [-0.25, -0.2) is 9.97 Å². The Labute approximate surface area is 275 Å². The molecule has 1 spiro atoms. The lowest BCUT2D eigenvalue weighted by Crippen LogP contribution is -2.46. The van der Waals surface area contributed by atoms with Crippen LogP contribution in [0.2, 0.25) is 5.02 Å². The van der Waals surface area contributed by atoms with E-state index in [4.69, 9.17) is 21.3 Å². The Morgan fingerprint density at radius 3 is 2.68 bits per heavy atom. The largest absolute Gasteiger partial charge is 0.504 e. The number of halogens is 1. The Bertz CT molecular complexity index is 2010. The first-order valence-corrected chi connectivity index (χ1v) is 16.2. The van der Waals surface area contributed by atoms with Crippen molar-refractivity contribution in [3.8, 4) is 5.75 Å². The number of nitrogens with one attached hydrogen (secondary N) is 1. The summed E-state index contributed by atoms with van der Waals surface area (Å²) in [5, 5.41) is 18.5. The van der Waals surface area contributed by atoms with Gasteiger partial charge in [0.05, 0.1) is 29.6 Å². The predicted octanol–water partition coefficient (Wildman–Crippen LogP) is 3.47. The number of nitrogens with zero attached hydrogens (tertiary/aromatic N) is 7. The molecule has 47 heavy (non-hydrogen) atoms. The summed E-state index contributed by atoms with van der Waals surface area (Å²) >= 11 is 6.49. The number of likely N-dealkylation sites (tertiary alicyclic amines) is 1. The summed E-state index contributed by atoms with van der Waals surface area (Å²) in [4.78, 5) is 55.6. The van der Waals surface area contributed by atoms with E-state index < -0.39 is 5.41 Å². The third-order valence-electron chi connectivity index (χ3n) is 9.71. The fourth-order valence-electron chi connectivity index (χ4n) is 7.03. The molecule has 0 bridgehead atoms. The first-order chi connectivity index (χ1) is 22.7. The molecule has 14 heteroatoms. The molecular formula is C33H35ClN8O5. The number of amides is 2. The van der Waals surface area contributed by atoms with E-state index in [2.05, 4.69) is 20.4 Å². The van der Waals surface area contributed by atoms with Crippen LogP contribution in [0.3, 0.4) is 0 Å². The van der Waals surface area contributed by atoms with E-state index in [1.165, 1.54) is 10.8 Å². The SMILES string of the molecule is CCc1ccc(NC(=O)Cn2c3c(c(=O)n4nc(C5=CCOCC5)nc24)C2(CC3)CCN(C(=O)c3ncnc(C)c3O)CC2)c(Cl)c1. The first kappa shape index (κ1) is 31.0. The van der Waals surface area contributed by atoms with Crippen LogP contribution in [0, 0.1) is 6.92 Å². The minimum atomic E-state index is -0.511. The zero-order chi connectivity index (χ0) is 32.9. The van der Waals surface area contributed by atoms with Gasteiger partial charge in [-0.2, -0.15) is 9.50 Å². The molecule has 1 fully saturated rings. The minimum Gasteiger partial charge on any atom is -0.504 e. The van der Waals surface area contributed by atoms with Gasteiger partial charge in [-0.05, 0) is 68.7 Å². The molecule has 244 valence electrons. The monoisotopic (exact) mass is 658 g/mol. The zero-order valence-electron chi connectivity index (χ0n) is 26.3. The van der Waals surface area contributed by atoms with Crippen LogP contribution in [-0.2, 0) is 34.3 Å². The maximum Gasteiger partial charge on any atom is 0.279 e. The van der Waals surface area contributed by atoms with Gasteiger partial charge in [0.25, 0.3) is 11.5 Å².